The minimum absolute atomic E-state index is 0.174. The molecule has 21 heavy (non-hydrogen) atoms. The molecule has 0 saturated heterocycles. The van der Waals surface area contributed by atoms with Crippen molar-refractivity contribution in [3.05, 3.63) is 30.0 Å². The van der Waals surface area contributed by atoms with E-state index in [0.29, 0.717) is 6.42 Å². The van der Waals surface area contributed by atoms with Crippen molar-refractivity contribution >= 4 is 17.0 Å². The summed E-state index contributed by atoms with van der Waals surface area (Å²) in [5.74, 6) is 0. The molecule has 1 aromatic carbocycles. The van der Waals surface area contributed by atoms with Gasteiger partial charge in [-0.3, -0.25) is 5.10 Å². The number of alkyl carbamates (subject to hydrolysis) is 1. The van der Waals surface area contributed by atoms with Crippen LogP contribution in [0.2, 0.25) is 0 Å². The Hall–Kier alpha value is -2.08. The number of rotatable bonds is 4. The van der Waals surface area contributed by atoms with Crippen LogP contribution in [0.15, 0.2) is 24.3 Å². The molecule has 1 heterocycles. The van der Waals surface area contributed by atoms with Gasteiger partial charge in [-0.1, -0.05) is 18.2 Å². The predicted molar refractivity (Wildman–Crippen MR) is 80.0 cm³/mol. The molecule has 0 bridgehead atoms. The Kier molecular flexibility index (Phi) is 4.47. The fourth-order valence-electron chi connectivity index (χ4n) is 2.05. The number of fused-ring (bicyclic) bond motifs is 1. The monoisotopic (exact) mass is 291 g/mol. The third-order valence-corrected chi connectivity index (χ3v) is 2.93. The summed E-state index contributed by atoms with van der Waals surface area (Å²) in [6.07, 6.45) is -0.0821. The second-order valence-corrected chi connectivity index (χ2v) is 5.95. The van der Waals surface area contributed by atoms with Gasteiger partial charge in [0.25, 0.3) is 0 Å². The van der Waals surface area contributed by atoms with Gasteiger partial charge in [0.05, 0.1) is 18.2 Å². The van der Waals surface area contributed by atoms with Gasteiger partial charge in [-0.15, -0.1) is 0 Å². The lowest BCUT2D eigenvalue weighted by atomic mass is 10.1. The summed E-state index contributed by atoms with van der Waals surface area (Å²) in [6.45, 7) is 5.21. The highest BCUT2D eigenvalue weighted by Crippen LogP contribution is 2.16. The summed E-state index contributed by atoms with van der Waals surface area (Å²) in [4.78, 5) is 11.7. The van der Waals surface area contributed by atoms with E-state index in [0.717, 1.165) is 16.6 Å². The molecule has 0 saturated carbocycles. The molecule has 2 rings (SSSR count). The van der Waals surface area contributed by atoms with Crippen molar-refractivity contribution in [1.29, 1.82) is 0 Å². The molecule has 0 aliphatic rings. The number of hydrogen-bond donors (Lipinski definition) is 3. The van der Waals surface area contributed by atoms with Gasteiger partial charge in [0.2, 0.25) is 0 Å². The van der Waals surface area contributed by atoms with Crippen LogP contribution >= 0.6 is 0 Å². The van der Waals surface area contributed by atoms with E-state index in [-0.39, 0.29) is 6.61 Å². The van der Waals surface area contributed by atoms with E-state index < -0.39 is 17.7 Å². The Morgan fingerprint density at radius 2 is 2.14 bits per heavy atom. The van der Waals surface area contributed by atoms with Crippen molar-refractivity contribution in [2.75, 3.05) is 6.61 Å². The molecule has 3 N–H and O–H groups in total. The third kappa shape index (κ3) is 4.19. The highest BCUT2D eigenvalue weighted by molar-refractivity contribution is 5.81. The first-order chi connectivity index (χ1) is 9.89. The second kappa shape index (κ2) is 6.13. The number of aliphatic hydroxyl groups is 1. The van der Waals surface area contributed by atoms with Crippen molar-refractivity contribution in [1.82, 2.24) is 15.5 Å². The SMILES string of the molecule is CC(C)(C)OC(=O)NC(CO)Cc1[nH]nc2ccccc12. The first kappa shape index (κ1) is 15.3. The minimum atomic E-state index is -0.565. The van der Waals surface area contributed by atoms with Gasteiger partial charge < -0.3 is 15.2 Å². The van der Waals surface area contributed by atoms with Crippen molar-refractivity contribution in [2.45, 2.75) is 38.8 Å². The lowest BCUT2D eigenvalue weighted by Gasteiger charge is -2.22. The molecule has 6 heteroatoms. The van der Waals surface area contributed by atoms with Crippen LogP contribution < -0.4 is 5.32 Å². The number of carbonyl (C=O) groups excluding carboxylic acids is 1. The zero-order chi connectivity index (χ0) is 15.5. The van der Waals surface area contributed by atoms with Gasteiger partial charge in [0, 0.05) is 17.5 Å². The van der Waals surface area contributed by atoms with Gasteiger partial charge in [0.1, 0.15) is 5.60 Å². The predicted octanol–water partition coefficient (Wildman–Crippen LogP) is 1.99. The van der Waals surface area contributed by atoms with Crippen LogP contribution in [0.3, 0.4) is 0 Å². The van der Waals surface area contributed by atoms with E-state index in [2.05, 4.69) is 15.5 Å². The molecule has 6 nitrogen and oxygen atoms in total. The lowest BCUT2D eigenvalue weighted by Crippen LogP contribution is -2.42. The maximum atomic E-state index is 11.7. The Morgan fingerprint density at radius 1 is 1.43 bits per heavy atom. The molecule has 2 aromatic rings. The number of nitrogens with one attached hydrogen (secondary N) is 2. The van der Waals surface area contributed by atoms with Crippen LogP contribution in [0.5, 0.6) is 0 Å². The maximum absolute atomic E-state index is 11.7. The standard InChI is InChI=1S/C15H21N3O3/c1-15(2,3)21-14(20)16-10(9-19)8-13-11-6-4-5-7-12(11)17-18-13/h4-7,10,19H,8-9H2,1-3H3,(H,16,20)(H,17,18). The highest BCUT2D eigenvalue weighted by Gasteiger charge is 2.20. The number of amides is 1. The van der Waals surface area contributed by atoms with E-state index in [4.69, 9.17) is 4.74 Å². The normalized spacial score (nSPS) is 13.1. The number of hydrogen-bond acceptors (Lipinski definition) is 4. The number of aliphatic hydroxyl groups excluding tert-OH is 1. The van der Waals surface area contributed by atoms with Crippen molar-refractivity contribution in [2.24, 2.45) is 0 Å². The smallest absolute Gasteiger partial charge is 0.407 e. The molecule has 1 amide bonds. The van der Waals surface area contributed by atoms with E-state index in [1.54, 1.807) is 20.8 Å². The highest BCUT2D eigenvalue weighted by atomic mass is 16.6. The topological polar surface area (TPSA) is 87.2 Å². The number of benzene rings is 1. The minimum Gasteiger partial charge on any atom is -0.444 e. The van der Waals surface area contributed by atoms with E-state index in [1.165, 1.54) is 0 Å². The Bertz CT molecular complexity index is 616. The Balaban J connectivity index is 2.04. The molecular formula is C15H21N3O3. The van der Waals surface area contributed by atoms with Gasteiger partial charge >= 0.3 is 6.09 Å². The summed E-state index contributed by atoms with van der Waals surface area (Å²) < 4.78 is 5.19. The van der Waals surface area contributed by atoms with Gasteiger partial charge in [-0.2, -0.15) is 5.10 Å². The second-order valence-electron chi connectivity index (χ2n) is 5.95. The van der Waals surface area contributed by atoms with Crippen molar-refractivity contribution in [3.8, 4) is 0 Å². The Morgan fingerprint density at radius 3 is 2.81 bits per heavy atom. The van der Waals surface area contributed by atoms with Crippen LogP contribution in [-0.2, 0) is 11.2 Å². The summed E-state index contributed by atoms with van der Waals surface area (Å²) in [5, 5.41) is 20.2. The molecule has 0 fully saturated rings. The number of ether oxygens (including phenoxy) is 1. The molecule has 1 aromatic heterocycles. The average molecular weight is 291 g/mol. The largest absolute Gasteiger partial charge is 0.444 e. The number of nitrogens with zero attached hydrogens (tertiary/aromatic N) is 1. The van der Waals surface area contributed by atoms with Crippen LogP contribution in [0.1, 0.15) is 26.5 Å². The molecule has 1 atom stereocenters. The molecular weight excluding hydrogens is 270 g/mol. The quantitative estimate of drug-likeness (QED) is 0.804. The summed E-state index contributed by atoms with van der Waals surface area (Å²) in [5.41, 5.74) is 1.17. The molecule has 114 valence electrons. The molecule has 0 radical (unpaired) electrons. The average Bonchev–Trinajstić information content (AvgIpc) is 2.79. The van der Waals surface area contributed by atoms with Crippen LogP contribution in [0.25, 0.3) is 10.9 Å². The maximum Gasteiger partial charge on any atom is 0.407 e. The van der Waals surface area contributed by atoms with Crippen LogP contribution in [-0.4, -0.2) is 39.6 Å². The van der Waals surface area contributed by atoms with Crippen molar-refractivity contribution in [3.63, 3.8) is 0 Å². The summed E-state index contributed by atoms with van der Waals surface area (Å²) in [7, 11) is 0. The lowest BCUT2D eigenvalue weighted by molar-refractivity contribution is 0.0482. The zero-order valence-corrected chi connectivity index (χ0v) is 12.5. The van der Waals surface area contributed by atoms with E-state index >= 15 is 0 Å². The fraction of sp³-hybridized carbons (Fsp3) is 0.467. The zero-order valence-electron chi connectivity index (χ0n) is 12.5. The van der Waals surface area contributed by atoms with Gasteiger partial charge in [-0.05, 0) is 26.8 Å². The van der Waals surface area contributed by atoms with E-state index in [1.807, 2.05) is 24.3 Å². The van der Waals surface area contributed by atoms with E-state index in [9.17, 15) is 9.90 Å². The number of para-hydroxylation sites is 1. The van der Waals surface area contributed by atoms with Gasteiger partial charge in [0.15, 0.2) is 0 Å². The molecule has 0 aliphatic carbocycles. The molecule has 1 unspecified atom stereocenters. The third-order valence-electron chi connectivity index (χ3n) is 2.93. The first-order valence-electron chi connectivity index (χ1n) is 6.91. The molecule has 0 aliphatic heterocycles. The number of carbonyl (C=O) groups is 1. The summed E-state index contributed by atoms with van der Waals surface area (Å²) in [6, 6.07) is 7.27. The summed E-state index contributed by atoms with van der Waals surface area (Å²) >= 11 is 0. The Labute approximate surface area is 123 Å². The number of aromatic amines is 1. The van der Waals surface area contributed by atoms with Crippen molar-refractivity contribution < 1.29 is 14.6 Å². The van der Waals surface area contributed by atoms with Crippen LogP contribution in [0.4, 0.5) is 4.79 Å². The van der Waals surface area contributed by atoms with Crippen LogP contribution in [0, 0.1) is 0 Å². The first-order valence-corrected chi connectivity index (χ1v) is 6.91. The number of aromatic nitrogens is 2. The number of H-pyrrole nitrogens is 1. The van der Waals surface area contributed by atoms with Gasteiger partial charge in [-0.25, -0.2) is 4.79 Å². The fourth-order valence-corrected chi connectivity index (χ4v) is 2.05. The molecule has 0 spiro atoms.